The summed E-state index contributed by atoms with van der Waals surface area (Å²) in [6, 6.07) is 0. The van der Waals surface area contributed by atoms with E-state index in [1.165, 1.54) is 6.42 Å². The van der Waals surface area contributed by atoms with Crippen LogP contribution in [0, 0.1) is 34.5 Å². The Labute approximate surface area is 162 Å². The van der Waals surface area contributed by atoms with Crippen molar-refractivity contribution in [3.05, 3.63) is 11.6 Å². The van der Waals surface area contributed by atoms with Crippen LogP contribution in [-0.2, 0) is 9.53 Å². The summed E-state index contributed by atoms with van der Waals surface area (Å²) in [6.45, 7) is 5.15. The number of aliphatic hydroxyl groups excluding tert-OH is 1. The van der Waals surface area contributed by atoms with Crippen molar-refractivity contribution in [3.8, 4) is 0 Å². The number of fused-ring (bicyclic) bond motifs is 5. The zero-order valence-electron chi connectivity index (χ0n) is 16.7. The maximum atomic E-state index is 12.1. The molecule has 0 amide bonds. The third kappa shape index (κ3) is 2.32. The first-order chi connectivity index (χ1) is 12.8. The van der Waals surface area contributed by atoms with Crippen molar-refractivity contribution in [2.75, 3.05) is 6.61 Å². The van der Waals surface area contributed by atoms with E-state index in [2.05, 4.69) is 13.8 Å². The molecule has 5 rings (SSSR count). The van der Waals surface area contributed by atoms with Crippen molar-refractivity contribution in [1.29, 1.82) is 0 Å². The van der Waals surface area contributed by atoms with Crippen molar-refractivity contribution >= 4 is 5.97 Å². The van der Waals surface area contributed by atoms with Crippen LogP contribution in [0.3, 0.4) is 0 Å². The number of cyclic esters (lactones) is 1. The van der Waals surface area contributed by atoms with Crippen LogP contribution in [0.2, 0.25) is 0 Å². The molecule has 4 aliphatic carbocycles. The molecule has 2 N–H and O–H groups in total. The standard InChI is InChI=1S/C23H34O4/c1-21-8-5-16(24)12-15(21)3-4-19-18(21)6-9-22(2)17(7-10-23(19,22)26)14-11-20(25)27-13-14/h11,15-19,24,26H,3-10,12-13H2,1-2H3/t15-,16-,17+,18+,19+,21-,22+,23-/m0/s1. The first kappa shape index (κ1) is 18.2. The van der Waals surface area contributed by atoms with Crippen molar-refractivity contribution < 1.29 is 19.7 Å². The summed E-state index contributed by atoms with van der Waals surface area (Å²) >= 11 is 0. The van der Waals surface area contributed by atoms with E-state index < -0.39 is 5.60 Å². The van der Waals surface area contributed by atoms with Gasteiger partial charge in [-0.25, -0.2) is 4.79 Å². The number of aliphatic hydroxyl groups is 2. The number of ether oxygens (including phenoxy) is 1. The van der Waals surface area contributed by atoms with E-state index in [1.54, 1.807) is 6.08 Å². The van der Waals surface area contributed by atoms with Crippen LogP contribution in [0.1, 0.15) is 71.6 Å². The maximum Gasteiger partial charge on any atom is 0.331 e. The van der Waals surface area contributed by atoms with Crippen LogP contribution in [0.5, 0.6) is 0 Å². The third-order valence-corrected chi connectivity index (χ3v) is 9.96. The van der Waals surface area contributed by atoms with Crippen molar-refractivity contribution in [2.24, 2.45) is 34.5 Å². The predicted octanol–water partition coefficient (Wildman–Crippen LogP) is 3.60. The van der Waals surface area contributed by atoms with Gasteiger partial charge in [0, 0.05) is 11.5 Å². The quantitative estimate of drug-likeness (QED) is 0.688. The Kier molecular flexibility index (Phi) is 3.92. The number of hydrogen-bond donors (Lipinski definition) is 2. The van der Waals surface area contributed by atoms with E-state index >= 15 is 0 Å². The van der Waals surface area contributed by atoms with Crippen LogP contribution in [-0.4, -0.2) is 34.5 Å². The topological polar surface area (TPSA) is 66.8 Å². The van der Waals surface area contributed by atoms with Gasteiger partial charge >= 0.3 is 5.97 Å². The van der Waals surface area contributed by atoms with Crippen LogP contribution >= 0.6 is 0 Å². The van der Waals surface area contributed by atoms with E-state index in [1.807, 2.05) is 0 Å². The molecule has 4 nitrogen and oxygen atoms in total. The molecule has 4 heteroatoms. The fourth-order valence-corrected chi connectivity index (χ4v) is 8.39. The molecule has 150 valence electrons. The Bertz CT molecular complexity index is 686. The Morgan fingerprint density at radius 1 is 1.04 bits per heavy atom. The maximum absolute atomic E-state index is 12.1. The summed E-state index contributed by atoms with van der Waals surface area (Å²) in [6.07, 6.45) is 10.8. The molecular weight excluding hydrogens is 340 g/mol. The van der Waals surface area contributed by atoms with Gasteiger partial charge in [-0.2, -0.15) is 0 Å². The zero-order valence-corrected chi connectivity index (χ0v) is 16.7. The molecule has 0 spiro atoms. The minimum absolute atomic E-state index is 0.126. The van der Waals surface area contributed by atoms with E-state index in [0.717, 1.165) is 56.9 Å². The summed E-state index contributed by atoms with van der Waals surface area (Å²) in [5.41, 5.74) is 0.600. The first-order valence-corrected chi connectivity index (χ1v) is 11.1. The van der Waals surface area contributed by atoms with E-state index in [0.29, 0.717) is 24.4 Å². The van der Waals surface area contributed by atoms with Crippen molar-refractivity contribution in [1.82, 2.24) is 0 Å². The molecule has 1 heterocycles. The predicted molar refractivity (Wildman–Crippen MR) is 102 cm³/mol. The normalized spacial score (nSPS) is 54.6. The molecule has 4 saturated carbocycles. The number of hydrogen-bond acceptors (Lipinski definition) is 4. The molecule has 8 atom stereocenters. The lowest BCUT2D eigenvalue weighted by molar-refractivity contribution is -0.208. The molecule has 0 aromatic carbocycles. The van der Waals surface area contributed by atoms with E-state index in [4.69, 9.17) is 4.74 Å². The molecule has 1 aliphatic heterocycles. The number of carbonyl (C=O) groups excluding carboxylic acids is 1. The number of rotatable bonds is 1. The summed E-state index contributed by atoms with van der Waals surface area (Å²) < 4.78 is 5.20. The van der Waals surface area contributed by atoms with E-state index in [9.17, 15) is 15.0 Å². The Balaban J connectivity index is 1.47. The summed E-state index contributed by atoms with van der Waals surface area (Å²) in [5, 5.41) is 22.3. The molecule has 4 fully saturated rings. The van der Waals surface area contributed by atoms with Crippen molar-refractivity contribution in [2.45, 2.75) is 83.3 Å². The lowest BCUT2D eigenvalue weighted by Crippen LogP contribution is -2.62. The summed E-state index contributed by atoms with van der Waals surface area (Å²) in [4.78, 5) is 11.6. The highest BCUT2D eigenvalue weighted by Crippen LogP contribution is 2.69. The second-order valence-corrected chi connectivity index (χ2v) is 10.7. The first-order valence-electron chi connectivity index (χ1n) is 11.1. The van der Waals surface area contributed by atoms with Gasteiger partial charge in [0.15, 0.2) is 0 Å². The van der Waals surface area contributed by atoms with Crippen LogP contribution in [0.4, 0.5) is 0 Å². The molecule has 0 aromatic heterocycles. The Hall–Kier alpha value is -0.870. The van der Waals surface area contributed by atoms with Gasteiger partial charge in [0.05, 0.1) is 11.7 Å². The smallest absolute Gasteiger partial charge is 0.331 e. The third-order valence-electron chi connectivity index (χ3n) is 9.96. The molecule has 0 radical (unpaired) electrons. The van der Waals surface area contributed by atoms with Gasteiger partial charge < -0.3 is 14.9 Å². The van der Waals surface area contributed by atoms with E-state index in [-0.39, 0.29) is 28.8 Å². The van der Waals surface area contributed by atoms with Crippen LogP contribution < -0.4 is 0 Å². The highest BCUT2D eigenvalue weighted by atomic mass is 16.5. The molecule has 0 unspecified atom stereocenters. The summed E-state index contributed by atoms with van der Waals surface area (Å²) in [5.74, 6) is 1.59. The molecule has 5 aliphatic rings. The van der Waals surface area contributed by atoms with Gasteiger partial charge in [-0.15, -0.1) is 0 Å². The van der Waals surface area contributed by atoms with Gasteiger partial charge in [0.2, 0.25) is 0 Å². The second kappa shape index (κ2) is 5.82. The lowest BCUT2D eigenvalue weighted by Gasteiger charge is -2.63. The largest absolute Gasteiger partial charge is 0.458 e. The van der Waals surface area contributed by atoms with Gasteiger partial charge in [0.25, 0.3) is 0 Å². The van der Waals surface area contributed by atoms with Gasteiger partial charge in [-0.1, -0.05) is 13.8 Å². The average Bonchev–Trinajstić information content (AvgIpc) is 3.16. The van der Waals surface area contributed by atoms with Crippen molar-refractivity contribution in [3.63, 3.8) is 0 Å². The van der Waals surface area contributed by atoms with Gasteiger partial charge in [0.1, 0.15) is 6.61 Å². The Morgan fingerprint density at radius 2 is 1.85 bits per heavy atom. The zero-order chi connectivity index (χ0) is 19.0. The fourth-order valence-electron chi connectivity index (χ4n) is 8.39. The second-order valence-electron chi connectivity index (χ2n) is 10.7. The fraction of sp³-hybridized carbons (Fsp3) is 0.870. The number of esters is 1. The monoisotopic (exact) mass is 374 g/mol. The molecule has 0 bridgehead atoms. The Morgan fingerprint density at radius 3 is 2.59 bits per heavy atom. The lowest BCUT2D eigenvalue weighted by atomic mass is 9.43. The average molecular weight is 375 g/mol. The molecular formula is C23H34O4. The van der Waals surface area contributed by atoms with Crippen LogP contribution in [0.25, 0.3) is 0 Å². The molecule has 27 heavy (non-hydrogen) atoms. The minimum atomic E-state index is -0.628. The highest BCUT2D eigenvalue weighted by molar-refractivity contribution is 5.85. The highest BCUT2D eigenvalue weighted by Gasteiger charge is 2.67. The molecule has 0 aromatic rings. The van der Waals surface area contributed by atoms with Gasteiger partial charge in [-0.05, 0) is 92.4 Å². The minimum Gasteiger partial charge on any atom is -0.458 e. The SMILES string of the molecule is C[C@]12CC[C@H](O)C[C@@H]1CC[C@@H]1[C@H]2CC[C@]2(C)[C@@H](C3=CC(=O)OC3)CC[C@]12O. The van der Waals surface area contributed by atoms with Crippen LogP contribution in [0.15, 0.2) is 11.6 Å². The summed E-state index contributed by atoms with van der Waals surface area (Å²) in [7, 11) is 0. The molecule has 0 saturated heterocycles. The van der Waals surface area contributed by atoms with Gasteiger partial charge in [-0.3, -0.25) is 0 Å². The number of carbonyl (C=O) groups is 1.